The Labute approximate surface area is 148 Å². The van der Waals surface area contributed by atoms with Crippen molar-refractivity contribution in [3.63, 3.8) is 0 Å². The Morgan fingerprint density at radius 1 is 1.24 bits per heavy atom. The highest BCUT2D eigenvalue weighted by Crippen LogP contribution is 2.16. The zero-order chi connectivity index (χ0) is 18.0. The van der Waals surface area contributed by atoms with Crippen LogP contribution < -0.4 is 10.6 Å². The second-order valence-corrected chi connectivity index (χ2v) is 5.98. The normalized spacial score (nSPS) is 15.6. The predicted octanol–water partition coefficient (Wildman–Crippen LogP) is 2.21. The molecule has 1 fully saturated rings. The lowest BCUT2D eigenvalue weighted by molar-refractivity contribution is -0.127. The van der Waals surface area contributed by atoms with Gasteiger partial charge in [0.15, 0.2) is 0 Å². The molecule has 0 spiro atoms. The first-order valence-electron chi connectivity index (χ1n) is 7.44. The maximum atomic E-state index is 12.3. The molecule has 0 aliphatic carbocycles. The van der Waals surface area contributed by atoms with Gasteiger partial charge in [-0.15, -0.1) is 0 Å². The van der Waals surface area contributed by atoms with E-state index in [0.29, 0.717) is 10.7 Å². The maximum absolute atomic E-state index is 12.3. The quantitative estimate of drug-likeness (QED) is 0.649. The van der Waals surface area contributed by atoms with E-state index in [1.165, 1.54) is 0 Å². The van der Waals surface area contributed by atoms with Gasteiger partial charge in [0.1, 0.15) is 12.2 Å². The first-order chi connectivity index (χ1) is 11.9. The molecule has 8 heteroatoms. The van der Waals surface area contributed by atoms with Crippen LogP contribution in [0.3, 0.4) is 0 Å². The lowest BCUT2D eigenvalue weighted by atomic mass is 10.2. The molecule has 1 aromatic carbocycles. The van der Waals surface area contributed by atoms with Gasteiger partial charge >= 0.3 is 6.03 Å². The van der Waals surface area contributed by atoms with Crippen molar-refractivity contribution in [2.75, 3.05) is 11.9 Å². The summed E-state index contributed by atoms with van der Waals surface area (Å²) < 4.78 is 1.82. The third kappa shape index (κ3) is 3.89. The molecule has 0 atom stereocenters. The average molecular weight is 359 g/mol. The van der Waals surface area contributed by atoms with Gasteiger partial charge in [0.05, 0.1) is 0 Å². The van der Waals surface area contributed by atoms with E-state index in [1.807, 2.05) is 30.1 Å². The number of imide groups is 1. The van der Waals surface area contributed by atoms with E-state index in [1.54, 1.807) is 30.3 Å². The molecular formula is C17H15ClN4O3. The van der Waals surface area contributed by atoms with Crippen LogP contribution in [0.1, 0.15) is 5.56 Å². The van der Waals surface area contributed by atoms with Crippen LogP contribution in [0.25, 0.3) is 6.08 Å². The number of carbonyl (C=O) groups is 3. The summed E-state index contributed by atoms with van der Waals surface area (Å²) in [7, 11) is 1.85. The Morgan fingerprint density at radius 3 is 2.60 bits per heavy atom. The summed E-state index contributed by atoms with van der Waals surface area (Å²) in [6, 6.07) is 7.71. The first kappa shape index (κ1) is 16.8. The lowest BCUT2D eigenvalue weighted by Crippen LogP contribution is -2.38. The fourth-order valence-corrected chi connectivity index (χ4v) is 2.50. The van der Waals surface area contributed by atoms with Crippen molar-refractivity contribution in [2.24, 2.45) is 7.05 Å². The highest BCUT2D eigenvalue weighted by atomic mass is 35.5. The summed E-state index contributed by atoms with van der Waals surface area (Å²) in [4.78, 5) is 37.2. The summed E-state index contributed by atoms with van der Waals surface area (Å²) in [6.45, 7) is -0.376. The van der Waals surface area contributed by atoms with Crippen molar-refractivity contribution in [3.8, 4) is 0 Å². The molecule has 1 aliphatic heterocycles. The molecule has 4 amide bonds. The van der Waals surface area contributed by atoms with Crippen LogP contribution in [-0.2, 0) is 16.6 Å². The molecule has 2 heterocycles. The highest BCUT2D eigenvalue weighted by molar-refractivity contribution is 6.30. The van der Waals surface area contributed by atoms with Gasteiger partial charge in [-0.25, -0.2) is 9.69 Å². The number of anilines is 1. The number of hydrogen-bond donors (Lipinski definition) is 2. The number of carbonyl (C=O) groups excluding carboxylic acids is 3. The minimum atomic E-state index is -0.626. The lowest BCUT2D eigenvalue weighted by Gasteiger charge is -2.11. The topological polar surface area (TPSA) is 83.4 Å². The summed E-state index contributed by atoms with van der Waals surface area (Å²) in [5, 5.41) is 5.64. The van der Waals surface area contributed by atoms with Crippen LogP contribution in [0.15, 0.2) is 48.4 Å². The molecule has 1 saturated heterocycles. The summed E-state index contributed by atoms with van der Waals surface area (Å²) in [6.07, 6.45) is 5.20. The smallest absolute Gasteiger partial charge is 0.329 e. The minimum Gasteiger partial charge on any atom is -0.357 e. The Kier molecular flexibility index (Phi) is 4.58. The molecule has 0 unspecified atom stereocenters. The number of aromatic nitrogens is 1. The largest absolute Gasteiger partial charge is 0.357 e. The number of hydrogen-bond acceptors (Lipinski definition) is 3. The fraction of sp³-hybridized carbons (Fsp3) is 0.118. The van der Waals surface area contributed by atoms with Gasteiger partial charge in [0.25, 0.3) is 5.91 Å². The van der Waals surface area contributed by atoms with E-state index in [-0.39, 0.29) is 12.2 Å². The van der Waals surface area contributed by atoms with Crippen molar-refractivity contribution in [3.05, 3.63) is 59.0 Å². The fourth-order valence-electron chi connectivity index (χ4n) is 2.37. The molecule has 2 N–H and O–H groups in total. The summed E-state index contributed by atoms with van der Waals surface area (Å²) in [5.41, 5.74) is 1.44. The summed E-state index contributed by atoms with van der Waals surface area (Å²) in [5.74, 6) is -1.02. The number of nitrogens with one attached hydrogen (secondary N) is 2. The van der Waals surface area contributed by atoms with Crippen LogP contribution in [-0.4, -0.2) is 33.9 Å². The van der Waals surface area contributed by atoms with Crippen molar-refractivity contribution in [1.82, 2.24) is 14.8 Å². The molecule has 128 valence electrons. The van der Waals surface area contributed by atoms with Gasteiger partial charge in [-0.3, -0.25) is 9.59 Å². The van der Waals surface area contributed by atoms with E-state index in [0.717, 1.165) is 10.5 Å². The van der Waals surface area contributed by atoms with E-state index in [4.69, 9.17) is 11.6 Å². The number of urea groups is 1. The SMILES string of the molecule is Cn1ccc(/C=C2/NC(=O)N(CC(=O)Nc3ccc(Cl)cc3)C2=O)c1. The third-order valence-electron chi connectivity index (χ3n) is 3.56. The molecule has 25 heavy (non-hydrogen) atoms. The zero-order valence-electron chi connectivity index (χ0n) is 13.3. The summed E-state index contributed by atoms with van der Waals surface area (Å²) >= 11 is 5.78. The molecule has 7 nitrogen and oxygen atoms in total. The van der Waals surface area contributed by atoms with Crippen molar-refractivity contribution in [2.45, 2.75) is 0 Å². The van der Waals surface area contributed by atoms with Crippen LogP contribution in [0, 0.1) is 0 Å². The molecule has 1 aromatic heterocycles. The van der Waals surface area contributed by atoms with Crippen molar-refractivity contribution < 1.29 is 14.4 Å². The second kappa shape index (κ2) is 6.82. The van der Waals surface area contributed by atoms with E-state index < -0.39 is 17.8 Å². The van der Waals surface area contributed by atoms with E-state index >= 15 is 0 Å². The Morgan fingerprint density at radius 2 is 1.96 bits per heavy atom. The van der Waals surface area contributed by atoms with Gasteiger partial charge in [-0.05, 0) is 42.0 Å². The Hall–Kier alpha value is -3.06. The maximum Gasteiger partial charge on any atom is 0.329 e. The minimum absolute atomic E-state index is 0.135. The van der Waals surface area contributed by atoms with Crippen LogP contribution in [0.4, 0.5) is 10.5 Å². The average Bonchev–Trinajstić information content (AvgIpc) is 3.08. The van der Waals surface area contributed by atoms with Crippen LogP contribution >= 0.6 is 11.6 Å². The number of benzene rings is 1. The van der Waals surface area contributed by atoms with Gasteiger partial charge in [-0.1, -0.05) is 11.6 Å². The molecule has 0 bridgehead atoms. The first-order valence-corrected chi connectivity index (χ1v) is 7.82. The number of aryl methyl sites for hydroxylation is 1. The van der Waals surface area contributed by atoms with Crippen molar-refractivity contribution >= 4 is 41.2 Å². The number of amides is 4. The zero-order valence-corrected chi connectivity index (χ0v) is 14.1. The van der Waals surface area contributed by atoms with Crippen LogP contribution in [0.2, 0.25) is 5.02 Å². The number of nitrogens with zero attached hydrogens (tertiary/aromatic N) is 2. The predicted molar refractivity (Wildman–Crippen MR) is 93.7 cm³/mol. The molecular weight excluding hydrogens is 344 g/mol. The number of rotatable bonds is 4. The molecule has 2 aromatic rings. The van der Waals surface area contributed by atoms with E-state index in [9.17, 15) is 14.4 Å². The molecule has 1 aliphatic rings. The van der Waals surface area contributed by atoms with E-state index in [2.05, 4.69) is 10.6 Å². The highest BCUT2D eigenvalue weighted by Gasteiger charge is 2.34. The van der Waals surface area contributed by atoms with Gasteiger partial charge in [0.2, 0.25) is 5.91 Å². The molecule has 0 radical (unpaired) electrons. The monoisotopic (exact) mass is 358 g/mol. The Bertz CT molecular complexity index is 870. The molecule has 3 rings (SSSR count). The third-order valence-corrected chi connectivity index (χ3v) is 3.81. The Balaban J connectivity index is 1.67. The van der Waals surface area contributed by atoms with Crippen LogP contribution in [0.5, 0.6) is 0 Å². The molecule has 0 saturated carbocycles. The van der Waals surface area contributed by atoms with Crippen molar-refractivity contribution in [1.29, 1.82) is 0 Å². The van der Waals surface area contributed by atoms with Gasteiger partial charge in [0, 0.05) is 30.2 Å². The standard InChI is InChI=1S/C17H15ClN4O3/c1-21-7-6-11(9-21)8-14-16(24)22(17(25)20-14)10-15(23)19-13-4-2-12(18)3-5-13/h2-9H,10H2,1H3,(H,19,23)(H,20,25)/b14-8+. The van der Waals surface area contributed by atoms with Gasteiger partial charge < -0.3 is 15.2 Å². The van der Waals surface area contributed by atoms with Gasteiger partial charge in [-0.2, -0.15) is 0 Å². The number of halogens is 1. The second-order valence-electron chi connectivity index (χ2n) is 5.54.